The van der Waals surface area contributed by atoms with Crippen molar-refractivity contribution in [2.45, 2.75) is 46.5 Å². The third-order valence-corrected chi connectivity index (χ3v) is 3.72. The quantitative estimate of drug-likeness (QED) is 0.790. The lowest BCUT2D eigenvalue weighted by atomic mass is 9.87. The molecule has 0 aliphatic carbocycles. The molecule has 2 rings (SSSR count). The SMILES string of the molecule is CC(C)CCNc1cc(Nc2ccc(C(C)(C)C)cc2)ncn1. The Morgan fingerprint density at radius 1 is 1.00 bits per heavy atom. The van der Waals surface area contributed by atoms with Gasteiger partial charge >= 0.3 is 0 Å². The third kappa shape index (κ3) is 5.55. The molecule has 0 aliphatic heterocycles. The summed E-state index contributed by atoms with van der Waals surface area (Å²) in [5, 5.41) is 6.67. The normalized spacial score (nSPS) is 11.6. The molecule has 0 radical (unpaired) electrons. The molecule has 0 saturated carbocycles. The molecule has 2 aromatic rings. The number of anilines is 3. The van der Waals surface area contributed by atoms with Gasteiger partial charge < -0.3 is 10.6 Å². The Hall–Kier alpha value is -2.10. The lowest BCUT2D eigenvalue weighted by Crippen LogP contribution is -2.10. The van der Waals surface area contributed by atoms with Gasteiger partial charge in [0.1, 0.15) is 18.0 Å². The molecule has 23 heavy (non-hydrogen) atoms. The van der Waals surface area contributed by atoms with Crippen molar-refractivity contribution in [2.24, 2.45) is 5.92 Å². The van der Waals surface area contributed by atoms with Crippen LogP contribution in [-0.4, -0.2) is 16.5 Å². The standard InChI is InChI=1S/C19H28N4/c1-14(2)10-11-20-17-12-18(22-13-21-17)23-16-8-6-15(7-9-16)19(3,4)5/h6-9,12-14H,10-11H2,1-5H3,(H2,20,21,22,23). The zero-order valence-electron chi connectivity index (χ0n) is 14.9. The van der Waals surface area contributed by atoms with E-state index in [0.717, 1.165) is 30.3 Å². The fourth-order valence-corrected chi connectivity index (χ4v) is 2.21. The van der Waals surface area contributed by atoms with Gasteiger partial charge in [-0.05, 0) is 35.4 Å². The van der Waals surface area contributed by atoms with Crippen LogP contribution in [0.3, 0.4) is 0 Å². The van der Waals surface area contributed by atoms with Crippen molar-refractivity contribution in [3.05, 3.63) is 42.2 Å². The minimum atomic E-state index is 0.168. The number of nitrogens with zero attached hydrogens (tertiary/aromatic N) is 2. The third-order valence-electron chi connectivity index (χ3n) is 3.72. The fourth-order valence-electron chi connectivity index (χ4n) is 2.21. The monoisotopic (exact) mass is 312 g/mol. The van der Waals surface area contributed by atoms with Crippen LogP contribution < -0.4 is 10.6 Å². The second kappa shape index (κ2) is 7.44. The second-order valence-corrected chi connectivity index (χ2v) is 7.35. The summed E-state index contributed by atoms with van der Waals surface area (Å²) in [6, 6.07) is 10.4. The zero-order valence-corrected chi connectivity index (χ0v) is 14.9. The largest absolute Gasteiger partial charge is 0.370 e. The van der Waals surface area contributed by atoms with Crippen molar-refractivity contribution in [2.75, 3.05) is 17.2 Å². The van der Waals surface area contributed by atoms with Gasteiger partial charge in [-0.3, -0.25) is 0 Å². The predicted molar refractivity (Wildman–Crippen MR) is 98.4 cm³/mol. The maximum atomic E-state index is 4.29. The number of aromatic nitrogens is 2. The number of hydrogen-bond donors (Lipinski definition) is 2. The fraction of sp³-hybridized carbons (Fsp3) is 0.474. The Balaban J connectivity index is 2.00. The van der Waals surface area contributed by atoms with Crippen molar-refractivity contribution >= 4 is 17.3 Å². The minimum absolute atomic E-state index is 0.168. The van der Waals surface area contributed by atoms with Gasteiger partial charge in [0, 0.05) is 18.3 Å². The van der Waals surface area contributed by atoms with Crippen LogP contribution >= 0.6 is 0 Å². The number of benzene rings is 1. The van der Waals surface area contributed by atoms with E-state index in [4.69, 9.17) is 0 Å². The van der Waals surface area contributed by atoms with Gasteiger partial charge in [0.05, 0.1) is 0 Å². The van der Waals surface area contributed by atoms with Crippen LogP contribution in [0.25, 0.3) is 0 Å². The topological polar surface area (TPSA) is 49.8 Å². The average Bonchev–Trinajstić information content (AvgIpc) is 2.47. The number of rotatable bonds is 6. The van der Waals surface area contributed by atoms with Crippen LogP contribution in [0.4, 0.5) is 17.3 Å². The first kappa shape index (κ1) is 17.3. The summed E-state index contributed by atoms with van der Waals surface area (Å²) in [7, 11) is 0. The highest BCUT2D eigenvalue weighted by Gasteiger charge is 2.12. The molecule has 0 aliphatic rings. The van der Waals surface area contributed by atoms with Crippen LogP contribution in [0.5, 0.6) is 0 Å². The summed E-state index contributed by atoms with van der Waals surface area (Å²) in [6.45, 7) is 12.0. The molecule has 2 N–H and O–H groups in total. The van der Waals surface area contributed by atoms with Gasteiger partial charge in [-0.1, -0.05) is 46.8 Å². The Labute approximate surface area is 139 Å². The highest BCUT2D eigenvalue weighted by Crippen LogP contribution is 2.24. The molecule has 1 aromatic heterocycles. The molecule has 0 bridgehead atoms. The maximum Gasteiger partial charge on any atom is 0.135 e. The second-order valence-electron chi connectivity index (χ2n) is 7.35. The number of hydrogen-bond acceptors (Lipinski definition) is 4. The average molecular weight is 312 g/mol. The van der Waals surface area contributed by atoms with Crippen LogP contribution in [0.2, 0.25) is 0 Å². The van der Waals surface area contributed by atoms with Crippen LogP contribution in [0.15, 0.2) is 36.7 Å². The molecule has 4 nitrogen and oxygen atoms in total. The van der Waals surface area contributed by atoms with Crippen LogP contribution in [-0.2, 0) is 5.41 Å². The van der Waals surface area contributed by atoms with Crippen molar-refractivity contribution in [1.82, 2.24) is 9.97 Å². The lowest BCUT2D eigenvalue weighted by Gasteiger charge is -2.19. The van der Waals surface area contributed by atoms with Gasteiger partial charge in [-0.25, -0.2) is 9.97 Å². The van der Waals surface area contributed by atoms with Crippen molar-refractivity contribution < 1.29 is 0 Å². The molecular formula is C19H28N4. The maximum absolute atomic E-state index is 4.29. The van der Waals surface area contributed by atoms with E-state index in [1.807, 2.05) is 6.07 Å². The lowest BCUT2D eigenvalue weighted by molar-refractivity contribution is 0.590. The first-order valence-electron chi connectivity index (χ1n) is 8.28. The highest BCUT2D eigenvalue weighted by molar-refractivity contribution is 5.59. The van der Waals surface area contributed by atoms with E-state index in [0.29, 0.717) is 5.92 Å². The van der Waals surface area contributed by atoms with Gasteiger partial charge in [0.25, 0.3) is 0 Å². The van der Waals surface area contributed by atoms with Crippen molar-refractivity contribution in [3.8, 4) is 0 Å². The van der Waals surface area contributed by atoms with E-state index < -0.39 is 0 Å². The molecule has 124 valence electrons. The van der Waals surface area contributed by atoms with Gasteiger partial charge in [0.15, 0.2) is 0 Å². The molecule has 0 fully saturated rings. The summed E-state index contributed by atoms with van der Waals surface area (Å²) in [4.78, 5) is 8.55. The molecule has 0 amide bonds. The van der Waals surface area contributed by atoms with Crippen LogP contribution in [0.1, 0.15) is 46.6 Å². The summed E-state index contributed by atoms with van der Waals surface area (Å²) in [5.74, 6) is 2.34. The molecule has 0 unspecified atom stereocenters. The van der Waals surface area contributed by atoms with Crippen molar-refractivity contribution in [3.63, 3.8) is 0 Å². The van der Waals surface area contributed by atoms with E-state index in [2.05, 4.69) is 79.5 Å². The van der Waals surface area contributed by atoms with E-state index in [1.54, 1.807) is 6.33 Å². The van der Waals surface area contributed by atoms with E-state index >= 15 is 0 Å². The molecular weight excluding hydrogens is 284 g/mol. The first-order valence-corrected chi connectivity index (χ1v) is 8.28. The molecule has 1 aromatic carbocycles. The number of nitrogens with one attached hydrogen (secondary N) is 2. The molecule has 4 heteroatoms. The van der Waals surface area contributed by atoms with E-state index in [1.165, 1.54) is 5.56 Å². The molecule has 0 spiro atoms. The van der Waals surface area contributed by atoms with Crippen molar-refractivity contribution in [1.29, 1.82) is 0 Å². The van der Waals surface area contributed by atoms with Gasteiger partial charge in [0.2, 0.25) is 0 Å². The zero-order chi connectivity index (χ0) is 16.9. The van der Waals surface area contributed by atoms with E-state index in [9.17, 15) is 0 Å². The van der Waals surface area contributed by atoms with Gasteiger partial charge in [-0.15, -0.1) is 0 Å². The Bertz CT molecular complexity index is 612. The summed E-state index contributed by atoms with van der Waals surface area (Å²) in [6.07, 6.45) is 2.71. The van der Waals surface area contributed by atoms with E-state index in [-0.39, 0.29) is 5.41 Å². The minimum Gasteiger partial charge on any atom is -0.370 e. The Kier molecular flexibility index (Phi) is 5.59. The summed E-state index contributed by atoms with van der Waals surface area (Å²) >= 11 is 0. The Morgan fingerprint density at radius 3 is 2.26 bits per heavy atom. The Morgan fingerprint density at radius 2 is 1.65 bits per heavy atom. The molecule has 1 heterocycles. The van der Waals surface area contributed by atoms with Gasteiger partial charge in [-0.2, -0.15) is 0 Å². The predicted octanol–water partition coefficient (Wildman–Crippen LogP) is 4.98. The summed E-state index contributed by atoms with van der Waals surface area (Å²) < 4.78 is 0. The highest BCUT2D eigenvalue weighted by atomic mass is 15.1. The molecule has 0 atom stereocenters. The first-order chi connectivity index (χ1) is 10.8. The molecule has 0 saturated heterocycles. The van der Waals surface area contributed by atoms with Crippen LogP contribution in [0, 0.1) is 5.92 Å². The smallest absolute Gasteiger partial charge is 0.135 e. The summed E-state index contributed by atoms with van der Waals surface area (Å²) in [5.41, 5.74) is 2.52.